The first-order valence-corrected chi connectivity index (χ1v) is 5.71. The predicted octanol–water partition coefficient (Wildman–Crippen LogP) is 1.75. The summed E-state index contributed by atoms with van der Waals surface area (Å²) in [7, 11) is 0. The molecule has 2 heterocycles. The predicted molar refractivity (Wildman–Crippen MR) is 58.3 cm³/mol. The SMILES string of the molecule is CC1(C)OCC(CNc2nsnc2Cl)O1. The van der Waals surface area contributed by atoms with Crippen molar-refractivity contribution in [2.45, 2.75) is 25.7 Å². The molecule has 0 spiro atoms. The van der Waals surface area contributed by atoms with Crippen LogP contribution in [0.4, 0.5) is 5.82 Å². The number of hydrogen-bond acceptors (Lipinski definition) is 6. The number of anilines is 1. The molecular weight excluding hydrogens is 238 g/mol. The van der Waals surface area contributed by atoms with E-state index in [1.807, 2.05) is 13.8 Å². The molecule has 1 aromatic heterocycles. The summed E-state index contributed by atoms with van der Waals surface area (Å²) in [4.78, 5) is 0. The van der Waals surface area contributed by atoms with Gasteiger partial charge >= 0.3 is 0 Å². The van der Waals surface area contributed by atoms with Crippen molar-refractivity contribution in [3.63, 3.8) is 0 Å². The molecular formula is C8H12ClN3O2S. The second-order valence-corrected chi connectivity index (χ2v) is 4.62. The number of halogens is 1. The van der Waals surface area contributed by atoms with E-state index in [1.54, 1.807) is 0 Å². The van der Waals surface area contributed by atoms with Crippen LogP contribution in [-0.2, 0) is 9.47 Å². The molecule has 5 nitrogen and oxygen atoms in total. The van der Waals surface area contributed by atoms with Gasteiger partial charge in [-0.1, -0.05) is 11.6 Å². The van der Waals surface area contributed by atoms with Crippen LogP contribution in [0.3, 0.4) is 0 Å². The second kappa shape index (κ2) is 4.21. The Morgan fingerprint density at radius 2 is 2.40 bits per heavy atom. The van der Waals surface area contributed by atoms with Gasteiger partial charge in [-0.3, -0.25) is 0 Å². The summed E-state index contributed by atoms with van der Waals surface area (Å²) in [5, 5.41) is 3.47. The Kier molecular flexibility index (Phi) is 3.11. The fourth-order valence-corrected chi connectivity index (χ4v) is 2.04. The Morgan fingerprint density at radius 1 is 1.60 bits per heavy atom. The van der Waals surface area contributed by atoms with E-state index >= 15 is 0 Å². The average molecular weight is 250 g/mol. The Bertz CT molecular complexity index is 344. The normalized spacial score (nSPS) is 24.3. The smallest absolute Gasteiger partial charge is 0.186 e. The summed E-state index contributed by atoms with van der Waals surface area (Å²) in [5.41, 5.74) is 0. The van der Waals surface area contributed by atoms with Gasteiger partial charge in [-0.05, 0) is 13.8 Å². The standard InChI is InChI=1S/C8H12ClN3O2S/c1-8(2)13-4-5(14-8)3-10-7-6(9)11-15-12-7/h5H,3-4H2,1-2H3,(H,10,12). The van der Waals surface area contributed by atoms with Gasteiger partial charge in [-0.25, -0.2) is 0 Å². The molecule has 0 bridgehead atoms. The number of hydrogen-bond donors (Lipinski definition) is 1. The average Bonchev–Trinajstić information content (AvgIpc) is 2.69. The first kappa shape index (κ1) is 11.1. The van der Waals surface area contributed by atoms with E-state index in [9.17, 15) is 0 Å². The molecule has 84 valence electrons. The summed E-state index contributed by atoms with van der Waals surface area (Å²) in [5.74, 6) is 0.117. The van der Waals surface area contributed by atoms with Gasteiger partial charge in [0.15, 0.2) is 16.8 Å². The fourth-order valence-electron chi connectivity index (χ4n) is 1.36. The number of ether oxygens (including phenoxy) is 2. The van der Waals surface area contributed by atoms with E-state index in [1.165, 1.54) is 0 Å². The van der Waals surface area contributed by atoms with Crippen molar-refractivity contribution in [1.29, 1.82) is 0 Å². The lowest BCUT2D eigenvalue weighted by Gasteiger charge is -2.17. The number of nitrogens with zero attached hydrogens (tertiary/aromatic N) is 2. The van der Waals surface area contributed by atoms with Crippen LogP contribution in [-0.4, -0.2) is 33.8 Å². The fraction of sp³-hybridized carbons (Fsp3) is 0.750. The monoisotopic (exact) mass is 249 g/mol. The molecule has 1 atom stereocenters. The maximum Gasteiger partial charge on any atom is 0.186 e. The molecule has 0 saturated carbocycles. The molecule has 1 N–H and O–H groups in total. The topological polar surface area (TPSA) is 56.3 Å². The van der Waals surface area contributed by atoms with Crippen LogP contribution in [0.15, 0.2) is 0 Å². The Morgan fingerprint density at radius 3 is 2.93 bits per heavy atom. The van der Waals surface area contributed by atoms with E-state index in [4.69, 9.17) is 21.1 Å². The van der Waals surface area contributed by atoms with Gasteiger partial charge in [0, 0.05) is 6.54 Å². The van der Waals surface area contributed by atoms with E-state index in [0.717, 1.165) is 11.7 Å². The molecule has 7 heteroatoms. The van der Waals surface area contributed by atoms with E-state index in [2.05, 4.69) is 14.1 Å². The quantitative estimate of drug-likeness (QED) is 0.885. The highest BCUT2D eigenvalue weighted by Crippen LogP contribution is 2.23. The zero-order valence-corrected chi connectivity index (χ0v) is 10.1. The van der Waals surface area contributed by atoms with Gasteiger partial charge in [0.2, 0.25) is 0 Å². The molecule has 15 heavy (non-hydrogen) atoms. The molecule has 1 aliphatic rings. The second-order valence-electron chi connectivity index (χ2n) is 3.74. The van der Waals surface area contributed by atoms with Crippen molar-refractivity contribution >= 4 is 29.1 Å². The lowest BCUT2D eigenvalue weighted by Crippen LogP contribution is -2.26. The molecule has 1 aliphatic heterocycles. The van der Waals surface area contributed by atoms with Gasteiger partial charge in [-0.2, -0.15) is 8.75 Å². The minimum Gasteiger partial charge on any atom is -0.364 e. The zero-order valence-electron chi connectivity index (χ0n) is 8.49. The molecule has 0 aromatic carbocycles. The molecule has 0 amide bonds. The minimum absolute atomic E-state index is 0.0257. The van der Waals surface area contributed by atoms with Gasteiger partial charge in [-0.15, -0.1) is 0 Å². The minimum atomic E-state index is -0.490. The lowest BCUT2D eigenvalue weighted by molar-refractivity contribution is -0.136. The van der Waals surface area contributed by atoms with Crippen molar-refractivity contribution in [1.82, 2.24) is 8.75 Å². The van der Waals surface area contributed by atoms with Crippen LogP contribution in [0.1, 0.15) is 13.8 Å². The molecule has 0 aliphatic carbocycles. The number of nitrogens with one attached hydrogen (secondary N) is 1. The molecule has 1 unspecified atom stereocenters. The van der Waals surface area contributed by atoms with E-state index in [-0.39, 0.29) is 6.10 Å². The lowest BCUT2D eigenvalue weighted by atomic mass is 10.3. The van der Waals surface area contributed by atoms with E-state index in [0.29, 0.717) is 24.1 Å². The Balaban J connectivity index is 1.83. The third kappa shape index (κ3) is 2.78. The Labute approximate surface area is 97.1 Å². The first-order valence-electron chi connectivity index (χ1n) is 4.60. The highest BCUT2D eigenvalue weighted by Gasteiger charge is 2.32. The summed E-state index contributed by atoms with van der Waals surface area (Å²) >= 11 is 6.87. The van der Waals surface area contributed by atoms with Crippen LogP contribution in [0.2, 0.25) is 5.15 Å². The van der Waals surface area contributed by atoms with Crippen molar-refractivity contribution in [3.05, 3.63) is 5.15 Å². The summed E-state index contributed by atoms with van der Waals surface area (Å²) in [6, 6.07) is 0. The van der Waals surface area contributed by atoms with Crippen molar-refractivity contribution in [2.75, 3.05) is 18.5 Å². The third-order valence-electron chi connectivity index (χ3n) is 2.01. The first-order chi connectivity index (χ1) is 7.07. The van der Waals surface area contributed by atoms with Gasteiger partial charge < -0.3 is 14.8 Å². The maximum absolute atomic E-state index is 5.78. The van der Waals surface area contributed by atoms with Crippen LogP contribution >= 0.6 is 23.3 Å². The molecule has 2 rings (SSSR count). The highest BCUT2D eigenvalue weighted by atomic mass is 35.5. The van der Waals surface area contributed by atoms with E-state index < -0.39 is 5.79 Å². The summed E-state index contributed by atoms with van der Waals surface area (Å²) in [6.07, 6.45) is 0.0257. The van der Waals surface area contributed by atoms with Gasteiger partial charge in [0.05, 0.1) is 18.3 Å². The van der Waals surface area contributed by atoms with Gasteiger partial charge in [0.1, 0.15) is 6.10 Å². The third-order valence-corrected chi connectivity index (χ3v) is 2.91. The maximum atomic E-state index is 5.78. The van der Waals surface area contributed by atoms with Crippen molar-refractivity contribution in [2.24, 2.45) is 0 Å². The van der Waals surface area contributed by atoms with Crippen LogP contribution in [0.25, 0.3) is 0 Å². The highest BCUT2D eigenvalue weighted by molar-refractivity contribution is 6.99. The summed E-state index contributed by atoms with van der Waals surface area (Å²) < 4.78 is 18.9. The Hall–Kier alpha value is -0.430. The van der Waals surface area contributed by atoms with Gasteiger partial charge in [0.25, 0.3) is 0 Å². The number of aromatic nitrogens is 2. The zero-order chi connectivity index (χ0) is 10.9. The van der Waals surface area contributed by atoms with Crippen LogP contribution in [0.5, 0.6) is 0 Å². The number of rotatable bonds is 3. The largest absolute Gasteiger partial charge is 0.364 e. The van der Waals surface area contributed by atoms with Crippen LogP contribution < -0.4 is 5.32 Å². The van der Waals surface area contributed by atoms with Crippen molar-refractivity contribution in [3.8, 4) is 0 Å². The summed E-state index contributed by atoms with van der Waals surface area (Å²) in [6.45, 7) is 4.98. The van der Waals surface area contributed by atoms with Crippen molar-refractivity contribution < 1.29 is 9.47 Å². The van der Waals surface area contributed by atoms with Crippen LogP contribution in [0, 0.1) is 0 Å². The molecule has 1 saturated heterocycles. The molecule has 1 aromatic rings. The molecule has 1 fully saturated rings. The molecule has 0 radical (unpaired) electrons.